The van der Waals surface area contributed by atoms with Crippen LogP contribution in [0.2, 0.25) is 0 Å². The van der Waals surface area contributed by atoms with Gasteiger partial charge in [-0.1, -0.05) is 12.1 Å². The van der Waals surface area contributed by atoms with Gasteiger partial charge < -0.3 is 23.4 Å². The van der Waals surface area contributed by atoms with E-state index in [-0.39, 0.29) is 30.2 Å². The first-order chi connectivity index (χ1) is 18.5. The van der Waals surface area contributed by atoms with Crippen LogP contribution < -0.4 is 4.74 Å². The highest BCUT2D eigenvalue weighted by Crippen LogP contribution is 2.34. The Labute approximate surface area is 222 Å². The summed E-state index contributed by atoms with van der Waals surface area (Å²) in [7, 11) is 3.58. The summed E-state index contributed by atoms with van der Waals surface area (Å²) in [6.07, 6.45) is 3.99. The van der Waals surface area contributed by atoms with Crippen molar-refractivity contribution >= 4 is 17.5 Å². The minimum atomic E-state index is -0.316. The quantitative estimate of drug-likeness (QED) is 0.432. The van der Waals surface area contributed by atoms with Crippen molar-refractivity contribution in [2.75, 3.05) is 53.0 Å². The number of hydrazone groups is 1. The maximum Gasteiger partial charge on any atom is 0.290 e. The second-order valence-corrected chi connectivity index (χ2v) is 9.44. The lowest BCUT2D eigenvalue weighted by molar-refractivity contribution is -0.133. The molecule has 2 aliphatic heterocycles. The van der Waals surface area contributed by atoms with Crippen LogP contribution in [0.1, 0.15) is 34.3 Å². The number of carbonyl (C=O) groups excluding carboxylic acids is 2. The summed E-state index contributed by atoms with van der Waals surface area (Å²) in [6, 6.07) is 14.6. The Morgan fingerprint density at radius 3 is 2.55 bits per heavy atom. The molecule has 2 aliphatic rings. The van der Waals surface area contributed by atoms with Crippen LogP contribution in [0.5, 0.6) is 5.75 Å². The summed E-state index contributed by atoms with van der Waals surface area (Å²) in [5, 5.41) is 6.31. The monoisotopic (exact) mass is 519 g/mol. The first-order valence-electron chi connectivity index (χ1n) is 12.8. The maximum absolute atomic E-state index is 13.8. The van der Waals surface area contributed by atoms with E-state index in [9.17, 15) is 9.59 Å². The van der Waals surface area contributed by atoms with E-state index in [0.717, 1.165) is 35.8 Å². The van der Waals surface area contributed by atoms with Gasteiger partial charge in [-0.3, -0.25) is 14.5 Å². The lowest BCUT2D eigenvalue weighted by atomic mass is 10.0. The number of ether oxygens (including phenoxy) is 2. The molecular formula is C28H33N5O5. The fourth-order valence-electron chi connectivity index (χ4n) is 4.87. The number of amides is 2. The van der Waals surface area contributed by atoms with Crippen LogP contribution in [-0.2, 0) is 16.6 Å². The van der Waals surface area contributed by atoms with Crippen LogP contribution in [0.25, 0.3) is 0 Å². The molecule has 10 nitrogen and oxygen atoms in total. The van der Waals surface area contributed by atoms with Gasteiger partial charge in [0.1, 0.15) is 12.3 Å². The number of rotatable bonds is 9. The summed E-state index contributed by atoms with van der Waals surface area (Å²) in [5.74, 6) is 0.382. The summed E-state index contributed by atoms with van der Waals surface area (Å²) >= 11 is 0. The van der Waals surface area contributed by atoms with Gasteiger partial charge in [-0.25, -0.2) is 5.01 Å². The number of hydrogen-bond acceptors (Lipinski definition) is 7. The fraction of sp³-hybridized carbons (Fsp3) is 0.393. The first-order valence-corrected chi connectivity index (χ1v) is 12.8. The number of nitrogens with zero attached hydrogens (tertiary/aromatic N) is 5. The molecule has 1 fully saturated rings. The summed E-state index contributed by atoms with van der Waals surface area (Å²) < 4.78 is 18.1. The van der Waals surface area contributed by atoms with Crippen LogP contribution in [0.3, 0.4) is 0 Å². The molecule has 38 heavy (non-hydrogen) atoms. The largest absolute Gasteiger partial charge is 0.497 e. The first kappa shape index (κ1) is 25.7. The lowest BCUT2D eigenvalue weighted by Gasteiger charge is -2.30. The Morgan fingerprint density at radius 1 is 1.11 bits per heavy atom. The predicted molar refractivity (Wildman–Crippen MR) is 141 cm³/mol. The van der Waals surface area contributed by atoms with Crippen molar-refractivity contribution in [2.45, 2.75) is 12.5 Å². The van der Waals surface area contributed by atoms with E-state index < -0.39 is 0 Å². The van der Waals surface area contributed by atoms with E-state index in [4.69, 9.17) is 19.0 Å². The molecule has 0 aliphatic carbocycles. The number of aromatic nitrogens is 1. The zero-order valence-electron chi connectivity index (χ0n) is 21.8. The number of methoxy groups -OCH3 is 1. The van der Waals surface area contributed by atoms with Gasteiger partial charge in [0.05, 0.1) is 44.0 Å². The molecule has 1 saturated heterocycles. The molecule has 0 bridgehead atoms. The molecular weight excluding hydrogens is 486 g/mol. The Morgan fingerprint density at radius 2 is 1.89 bits per heavy atom. The zero-order chi connectivity index (χ0) is 26.5. The Kier molecular flexibility index (Phi) is 7.90. The fourth-order valence-corrected chi connectivity index (χ4v) is 4.87. The van der Waals surface area contributed by atoms with Crippen molar-refractivity contribution in [3.05, 3.63) is 78.0 Å². The Hall–Kier alpha value is -3.89. The van der Waals surface area contributed by atoms with Gasteiger partial charge in [-0.05, 0) is 42.0 Å². The molecule has 200 valence electrons. The highest BCUT2D eigenvalue weighted by Gasteiger charge is 2.35. The van der Waals surface area contributed by atoms with Gasteiger partial charge in [-0.2, -0.15) is 5.10 Å². The van der Waals surface area contributed by atoms with E-state index in [2.05, 4.69) is 4.90 Å². The van der Waals surface area contributed by atoms with Crippen LogP contribution >= 0.6 is 0 Å². The number of benzene rings is 1. The Bertz CT molecular complexity index is 1260. The normalized spacial score (nSPS) is 17.9. The SMILES string of the molecule is COc1ccc([C@H]2CC(c3cccn3C)=NN2C(=O)CN(CCN2CCOCC2)C(=O)c2ccco2)cc1. The van der Waals surface area contributed by atoms with Gasteiger partial charge >= 0.3 is 0 Å². The minimum Gasteiger partial charge on any atom is -0.497 e. The van der Waals surface area contributed by atoms with Gasteiger partial charge in [-0.15, -0.1) is 0 Å². The molecule has 2 amide bonds. The predicted octanol–water partition coefficient (Wildman–Crippen LogP) is 2.78. The molecule has 1 atom stereocenters. The van der Waals surface area contributed by atoms with Crippen molar-refractivity contribution in [1.82, 2.24) is 19.4 Å². The number of carbonyl (C=O) groups is 2. The second-order valence-electron chi connectivity index (χ2n) is 9.44. The van der Waals surface area contributed by atoms with E-state index in [1.54, 1.807) is 24.1 Å². The van der Waals surface area contributed by atoms with Crippen LogP contribution in [-0.4, -0.2) is 89.9 Å². The van der Waals surface area contributed by atoms with Crippen molar-refractivity contribution in [3.8, 4) is 5.75 Å². The number of furan rings is 1. The van der Waals surface area contributed by atoms with Crippen molar-refractivity contribution in [3.63, 3.8) is 0 Å². The van der Waals surface area contributed by atoms with Crippen LogP contribution in [0.15, 0.2) is 70.5 Å². The van der Waals surface area contributed by atoms with E-state index in [1.807, 2.05) is 54.2 Å². The number of aryl methyl sites for hydroxylation is 1. The highest BCUT2D eigenvalue weighted by molar-refractivity contribution is 6.02. The summed E-state index contributed by atoms with van der Waals surface area (Å²) in [6.45, 7) is 3.85. The second kappa shape index (κ2) is 11.7. The zero-order valence-corrected chi connectivity index (χ0v) is 21.8. The van der Waals surface area contributed by atoms with Crippen LogP contribution in [0.4, 0.5) is 0 Å². The van der Waals surface area contributed by atoms with Crippen LogP contribution in [0, 0.1) is 0 Å². The molecule has 0 N–H and O–H groups in total. The molecule has 0 radical (unpaired) electrons. The van der Waals surface area contributed by atoms with Gasteiger partial charge in [0.15, 0.2) is 5.76 Å². The smallest absolute Gasteiger partial charge is 0.290 e. The molecule has 1 aromatic carbocycles. The number of hydrogen-bond donors (Lipinski definition) is 0. The lowest BCUT2D eigenvalue weighted by Crippen LogP contribution is -2.46. The minimum absolute atomic E-state index is 0.111. The average Bonchev–Trinajstić information content (AvgIpc) is 3.72. The van der Waals surface area contributed by atoms with E-state index in [0.29, 0.717) is 32.7 Å². The third kappa shape index (κ3) is 5.66. The molecule has 0 spiro atoms. The van der Waals surface area contributed by atoms with Gasteiger partial charge in [0.2, 0.25) is 0 Å². The van der Waals surface area contributed by atoms with E-state index in [1.165, 1.54) is 11.3 Å². The molecule has 3 aromatic rings. The molecule has 4 heterocycles. The van der Waals surface area contributed by atoms with Crippen molar-refractivity contribution in [2.24, 2.45) is 12.1 Å². The highest BCUT2D eigenvalue weighted by atomic mass is 16.5. The molecule has 10 heteroatoms. The van der Waals surface area contributed by atoms with Crippen molar-refractivity contribution < 1.29 is 23.5 Å². The third-order valence-electron chi connectivity index (χ3n) is 7.04. The molecule has 5 rings (SSSR count). The Balaban J connectivity index is 1.39. The maximum atomic E-state index is 13.8. The van der Waals surface area contributed by atoms with E-state index >= 15 is 0 Å². The molecule has 2 aromatic heterocycles. The molecule has 0 unspecified atom stereocenters. The standard InChI is InChI=1S/C28H33N5O5/c1-30-11-3-5-24(30)23-19-25(21-7-9-22(36-2)10-8-21)33(29-23)27(34)20-32(28(35)26-6-4-16-38-26)13-12-31-14-17-37-18-15-31/h3-11,16,25H,12-15,17-20H2,1-2H3/t25-/m1/s1. The number of morpholine rings is 1. The average molecular weight is 520 g/mol. The summed E-state index contributed by atoms with van der Waals surface area (Å²) in [4.78, 5) is 30.9. The molecule has 0 saturated carbocycles. The third-order valence-corrected chi connectivity index (χ3v) is 7.04. The topological polar surface area (TPSA) is 92.8 Å². The van der Waals surface area contributed by atoms with Gasteiger partial charge in [0, 0.05) is 45.8 Å². The summed E-state index contributed by atoms with van der Waals surface area (Å²) in [5.41, 5.74) is 2.72. The van der Waals surface area contributed by atoms with Gasteiger partial charge in [0.25, 0.3) is 11.8 Å². The van der Waals surface area contributed by atoms with Crippen molar-refractivity contribution in [1.29, 1.82) is 0 Å².